The lowest BCUT2D eigenvalue weighted by atomic mass is 10.1. The van der Waals surface area contributed by atoms with Crippen molar-refractivity contribution in [1.82, 2.24) is 15.5 Å². The van der Waals surface area contributed by atoms with Crippen molar-refractivity contribution in [2.24, 2.45) is 0 Å². The Morgan fingerprint density at radius 1 is 1.32 bits per heavy atom. The topological polar surface area (TPSA) is 98.7 Å². The van der Waals surface area contributed by atoms with Crippen molar-refractivity contribution >= 4 is 17.8 Å². The summed E-state index contributed by atoms with van der Waals surface area (Å²) in [7, 11) is 0. The van der Waals surface area contributed by atoms with Crippen LogP contribution in [0.1, 0.15) is 33.1 Å². The molecular formula is C12H21N3O4. The molecule has 0 aromatic heterocycles. The average molecular weight is 271 g/mol. The second-order valence-electron chi connectivity index (χ2n) is 5.08. The molecule has 3 N–H and O–H groups in total. The highest BCUT2D eigenvalue weighted by atomic mass is 16.3. The molecule has 0 aromatic carbocycles. The van der Waals surface area contributed by atoms with Crippen molar-refractivity contribution in [3.05, 3.63) is 0 Å². The number of carbonyl (C=O) groups excluding carboxylic acids is 3. The molecule has 0 bridgehead atoms. The van der Waals surface area contributed by atoms with Crippen LogP contribution in [0.25, 0.3) is 0 Å². The Labute approximate surface area is 112 Å². The molecule has 7 nitrogen and oxygen atoms in total. The van der Waals surface area contributed by atoms with Crippen molar-refractivity contribution in [1.29, 1.82) is 0 Å². The molecule has 19 heavy (non-hydrogen) atoms. The summed E-state index contributed by atoms with van der Waals surface area (Å²) in [5.41, 5.74) is -0.946. The summed E-state index contributed by atoms with van der Waals surface area (Å²) in [5.74, 6) is -0.752. The summed E-state index contributed by atoms with van der Waals surface area (Å²) in [4.78, 5) is 35.9. The third kappa shape index (κ3) is 4.20. The summed E-state index contributed by atoms with van der Waals surface area (Å²) in [6.45, 7) is 3.56. The lowest BCUT2D eigenvalue weighted by Crippen LogP contribution is -2.43. The van der Waals surface area contributed by atoms with E-state index in [1.807, 2.05) is 0 Å². The molecule has 1 saturated heterocycles. The van der Waals surface area contributed by atoms with Crippen molar-refractivity contribution in [2.75, 3.05) is 19.7 Å². The minimum atomic E-state index is -0.946. The number of hydrogen-bond acceptors (Lipinski definition) is 4. The van der Waals surface area contributed by atoms with Gasteiger partial charge in [0.25, 0.3) is 5.91 Å². The average Bonchev–Trinajstić information content (AvgIpc) is 2.51. The fourth-order valence-electron chi connectivity index (χ4n) is 1.80. The summed E-state index contributed by atoms with van der Waals surface area (Å²) >= 11 is 0. The molecule has 0 atom stereocenters. The van der Waals surface area contributed by atoms with Gasteiger partial charge in [0, 0.05) is 13.2 Å². The predicted molar refractivity (Wildman–Crippen MR) is 68.3 cm³/mol. The van der Waals surface area contributed by atoms with E-state index in [4.69, 9.17) is 5.11 Å². The van der Waals surface area contributed by atoms with Gasteiger partial charge in [-0.3, -0.25) is 14.5 Å². The fraction of sp³-hybridized carbons (Fsp3) is 0.750. The van der Waals surface area contributed by atoms with Crippen LogP contribution in [0.15, 0.2) is 0 Å². The number of nitrogens with zero attached hydrogens (tertiary/aromatic N) is 1. The molecule has 1 fully saturated rings. The van der Waals surface area contributed by atoms with E-state index in [2.05, 4.69) is 10.6 Å². The number of urea groups is 1. The van der Waals surface area contributed by atoms with Gasteiger partial charge < -0.3 is 15.7 Å². The Kier molecular flexibility index (Phi) is 5.29. The summed E-state index contributed by atoms with van der Waals surface area (Å²) < 4.78 is 0. The first-order valence-electron chi connectivity index (χ1n) is 6.40. The number of unbranched alkanes of at least 4 members (excludes halogenated alkanes) is 2. The smallest absolute Gasteiger partial charge is 0.325 e. The predicted octanol–water partition coefficient (Wildman–Crippen LogP) is -0.404. The first-order chi connectivity index (χ1) is 8.88. The van der Waals surface area contributed by atoms with E-state index >= 15 is 0 Å². The van der Waals surface area contributed by atoms with Crippen LogP contribution in [0, 0.1) is 0 Å². The van der Waals surface area contributed by atoms with Crippen LogP contribution >= 0.6 is 0 Å². The molecule has 0 radical (unpaired) electrons. The number of aliphatic hydroxyl groups excluding tert-OH is 1. The third-order valence-electron chi connectivity index (χ3n) is 2.90. The summed E-state index contributed by atoms with van der Waals surface area (Å²) in [6.07, 6.45) is 2.29. The Balaban J connectivity index is 2.33. The monoisotopic (exact) mass is 271 g/mol. The number of rotatable bonds is 7. The maximum Gasteiger partial charge on any atom is 0.325 e. The van der Waals surface area contributed by atoms with Crippen LogP contribution in [-0.4, -0.2) is 53.1 Å². The highest BCUT2D eigenvalue weighted by molar-refractivity contribution is 6.08. The van der Waals surface area contributed by atoms with Crippen LogP contribution < -0.4 is 10.6 Å². The van der Waals surface area contributed by atoms with E-state index < -0.39 is 17.5 Å². The zero-order valence-electron chi connectivity index (χ0n) is 11.4. The van der Waals surface area contributed by atoms with Gasteiger partial charge in [0.15, 0.2) is 0 Å². The fourth-order valence-corrected chi connectivity index (χ4v) is 1.80. The minimum Gasteiger partial charge on any atom is -0.396 e. The molecule has 108 valence electrons. The van der Waals surface area contributed by atoms with Crippen molar-refractivity contribution in [3.8, 4) is 0 Å². The third-order valence-corrected chi connectivity index (χ3v) is 2.90. The van der Waals surface area contributed by atoms with Crippen LogP contribution in [0.3, 0.4) is 0 Å². The van der Waals surface area contributed by atoms with Gasteiger partial charge in [-0.05, 0) is 33.1 Å². The van der Waals surface area contributed by atoms with Crippen LogP contribution in [0.2, 0.25) is 0 Å². The van der Waals surface area contributed by atoms with Gasteiger partial charge in [0.1, 0.15) is 12.1 Å². The lowest BCUT2D eigenvalue weighted by Gasteiger charge is -2.15. The van der Waals surface area contributed by atoms with Gasteiger partial charge >= 0.3 is 6.03 Å². The van der Waals surface area contributed by atoms with E-state index in [0.717, 1.165) is 17.7 Å². The van der Waals surface area contributed by atoms with E-state index in [1.54, 1.807) is 13.8 Å². The molecule has 0 aliphatic carbocycles. The zero-order valence-corrected chi connectivity index (χ0v) is 11.4. The standard InChI is InChI=1S/C12H21N3O4/c1-12(2)10(18)15(11(19)14-12)8-9(17)13-6-4-3-5-7-16/h16H,3-8H2,1-2H3,(H,13,17)(H,14,19). The molecule has 1 heterocycles. The van der Waals surface area contributed by atoms with Crippen molar-refractivity contribution < 1.29 is 19.5 Å². The molecule has 1 aliphatic heterocycles. The highest BCUT2D eigenvalue weighted by Gasteiger charge is 2.44. The number of carbonyl (C=O) groups is 3. The number of hydrogen-bond donors (Lipinski definition) is 3. The second kappa shape index (κ2) is 6.51. The highest BCUT2D eigenvalue weighted by Crippen LogP contribution is 2.15. The first-order valence-corrected chi connectivity index (χ1v) is 6.40. The molecule has 4 amide bonds. The quantitative estimate of drug-likeness (QED) is 0.433. The molecule has 1 rings (SSSR count). The van der Waals surface area contributed by atoms with E-state index in [1.165, 1.54) is 0 Å². The molecule has 0 spiro atoms. The Bertz CT molecular complexity index is 368. The van der Waals surface area contributed by atoms with Crippen LogP contribution in [0.4, 0.5) is 4.79 Å². The van der Waals surface area contributed by atoms with Gasteiger partial charge in [-0.1, -0.05) is 0 Å². The van der Waals surface area contributed by atoms with Gasteiger partial charge in [0.05, 0.1) is 0 Å². The molecule has 0 saturated carbocycles. The minimum absolute atomic E-state index is 0.144. The van der Waals surface area contributed by atoms with Gasteiger partial charge in [0.2, 0.25) is 5.91 Å². The number of imide groups is 1. The zero-order chi connectivity index (χ0) is 14.5. The van der Waals surface area contributed by atoms with E-state index in [0.29, 0.717) is 13.0 Å². The normalized spacial score (nSPS) is 17.5. The maximum atomic E-state index is 11.8. The molecule has 7 heteroatoms. The molecule has 0 aromatic rings. The van der Waals surface area contributed by atoms with Gasteiger partial charge in [-0.25, -0.2) is 4.79 Å². The second-order valence-corrected chi connectivity index (χ2v) is 5.08. The first kappa shape index (κ1) is 15.4. The molecule has 0 unspecified atom stereocenters. The van der Waals surface area contributed by atoms with E-state index in [9.17, 15) is 14.4 Å². The molecular weight excluding hydrogens is 250 g/mol. The van der Waals surface area contributed by atoms with Gasteiger partial charge in [-0.2, -0.15) is 0 Å². The summed E-state index contributed by atoms with van der Waals surface area (Å²) in [6, 6.07) is -0.537. The van der Waals surface area contributed by atoms with E-state index in [-0.39, 0.29) is 19.1 Å². The van der Waals surface area contributed by atoms with Crippen molar-refractivity contribution in [2.45, 2.75) is 38.6 Å². The Morgan fingerprint density at radius 3 is 2.53 bits per heavy atom. The summed E-state index contributed by atoms with van der Waals surface area (Å²) in [5, 5.41) is 13.8. The molecule has 1 aliphatic rings. The van der Waals surface area contributed by atoms with Gasteiger partial charge in [-0.15, -0.1) is 0 Å². The number of amides is 4. The van der Waals surface area contributed by atoms with Crippen LogP contribution in [0.5, 0.6) is 0 Å². The SMILES string of the molecule is CC1(C)NC(=O)N(CC(=O)NCCCCCO)C1=O. The Hall–Kier alpha value is -1.63. The largest absolute Gasteiger partial charge is 0.396 e. The number of nitrogens with one attached hydrogen (secondary N) is 2. The number of aliphatic hydroxyl groups is 1. The van der Waals surface area contributed by atoms with Crippen LogP contribution in [-0.2, 0) is 9.59 Å². The van der Waals surface area contributed by atoms with Crippen molar-refractivity contribution in [3.63, 3.8) is 0 Å². The lowest BCUT2D eigenvalue weighted by molar-refractivity contribution is -0.134. The maximum absolute atomic E-state index is 11.8. The Morgan fingerprint density at radius 2 is 2.00 bits per heavy atom.